The molecular weight excluding hydrogens is 174 g/mol. The second-order valence-corrected chi connectivity index (χ2v) is 3.51. The van der Waals surface area contributed by atoms with Crippen LogP contribution in [-0.4, -0.2) is 14.8 Å². The van der Waals surface area contributed by atoms with Crippen molar-refractivity contribution in [3.8, 4) is 0 Å². The quantitative estimate of drug-likeness (QED) is 0.692. The summed E-state index contributed by atoms with van der Waals surface area (Å²) in [6.07, 6.45) is 7.54. The fourth-order valence-electron chi connectivity index (χ4n) is 1.54. The summed E-state index contributed by atoms with van der Waals surface area (Å²) < 4.78 is 1.99. The van der Waals surface area contributed by atoms with Crippen LogP contribution in [0.4, 0.5) is 0 Å². The summed E-state index contributed by atoms with van der Waals surface area (Å²) in [7, 11) is 0. The fourth-order valence-corrected chi connectivity index (χ4v) is 1.54. The Kier molecular flexibility index (Phi) is 2.77. The van der Waals surface area contributed by atoms with Gasteiger partial charge in [0, 0.05) is 12.7 Å². The summed E-state index contributed by atoms with van der Waals surface area (Å²) in [6, 6.07) is 3.92. The third kappa shape index (κ3) is 1.92. The molecule has 0 aliphatic heterocycles. The van der Waals surface area contributed by atoms with Crippen LogP contribution >= 0.6 is 0 Å². The molecule has 0 amide bonds. The minimum absolute atomic E-state index is 0.990. The van der Waals surface area contributed by atoms with Gasteiger partial charge in [0.15, 0.2) is 0 Å². The molecule has 0 bridgehead atoms. The van der Waals surface area contributed by atoms with Crippen LogP contribution in [0.25, 0.3) is 11.0 Å². The van der Waals surface area contributed by atoms with Gasteiger partial charge in [0.05, 0.1) is 6.20 Å². The van der Waals surface area contributed by atoms with Crippen LogP contribution in [0.5, 0.6) is 0 Å². The molecule has 0 saturated carbocycles. The van der Waals surface area contributed by atoms with Gasteiger partial charge in [-0.3, -0.25) is 9.67 Å². The number of unbranched alkanes of at least 4 members (excludes halogenated alkanes) is 2. The number of aryl methyl sites for hydroxylation is 1. The Bertz CT molecular complexity index is 373. The first-order chi connectivity index (χ1) is 6.90. The highest BCUT2D eigenvalue weighted by molar-refractivity contribution is 5.72. The topological polar surface area (TPSA) is 30.7 Å². The maximum absolute atomic E-state index is 4.44. The highest BCUT2D eigenvalue weighted by Gasteiger charge is 1.99. The maximum Gasteiger partial charge on any atom is 0.111 e. The number of fused-ring (bicyclic) bond motifs is 1. The molecule has 2 aromatic heterocycles. The van der Waals surface area contributed by atoms with Crippen molar-refractivity contribution in [1.82, 2.24) is 14.8 Å². The van der Waals surface area contributed by atoms with Gasteiger partial charge in [0.25, 0.3) is 0 Å². The van der Waals surface area contributed by atoms with Crippen molar-refractivity contribution < 1.29 is 0 Å². The van der Waals surface area contributed by atoms with Crippen molar-refractivity contribution in [3.05, 3.63) is 24.5 Å². The largest absolute Gasteiger partial charge is 0.270 e. The molecule has 0 unspecified atom stereocenters. The van der Waals surface area contributed by atoms with E-state index in [0.29, 0.717) is 0 Å². The van der Waals surface area contributed by atoms with Gasteiger partial charge in [-0.2, -0.15) is 5.10 Å². The molecule has 0 fully saturated rings. The lowest BCUT2D eigenvalue weighted by Crippen LogP contribution is -1.97. The normalized spacial score (nSPS) is 10.9. The Balaban J connectivity index is 2.11. The molecule has 0 atom stereocenters. The molecule has 0 aliphatic carbocycles. The minimum Gasteiger partial charge on any atom is -0.270 e. The SMILES string of the molecule is CCCCCn1cc2ncccc2n1. The van der Waals surface area contributed by atoms with E-state index in [4.69, 9.17) is 0 Å². The van der Waals surface area contributed by atoms with Gasteiger partial charge in [-0.05, 0) is 18.6 Å². The van der Waals surface area contributed by atoms with Crippen LogP contribution in [0, 0.1) is 0 Å². The average molecular weight is 189 g/mol. The van der Waals surface area contributed by atoms with Crippen LogP contribution < -0.4 is 0 Å². The Morgan fingerprint density at radius 2 is 2.21 bits per heavy atom. The van der Waals surface area contributed by atoms with Crippen LogP contribution in [0.3, 0.4) is 0 Å². The van der Waals surface area contributed by atoms with Gasteiger partial charge in [-0.25, -0.2) is 0 Å². The predicted molar refractivity (Wildman–Crippen MR) is 57.1 cm³/mol. The summed E-state index contributed by atoms with van der Waals surface area (Å²) in [5.41, 5.74) is 1.98. The summed E-state index contributed by atoms with van der Waals surface area (Å²) >= 11 is 0. The highest BCUT2D eigenvalue weighted by Crippen LogP contribution is 2.08. The van der Waals surface area contributed by atoms with E-state index in [2.05, 4.69) is 17.0 Å². The van der Waals surface area contributed by atoms with Gasteiger partial charge in [0.1, 0.15) is 11.0 Å². The second-order valence-electron chi connectivity index (χ2n) is 3.51. The Morgan fingerprint density at radius 1 is 1.29 bits per heavy atom. The average Bonchev–Trinajstić information content (AvgIpc) is 2.60. The monoisotopic (exact) mass is 189 g/mol. The van der Waals surface area contributed by atoms with Crippen molar-refractivity contribution in [2.75, 3.05) is 0 Å². The number of rotatable bonds is 4. The molecule has 3 nitrogen and oxygen atoms in total. The Morgan fingerprint density at radius 3 is 3.00 bits per heavy atom. The van der Waals surface area contributed by atoms with Crippen LogP contribution in [0.15, 0.2) is 24.5 Å². The van der Waals surface area contributed by atoms with Crippen LogP contribution in [0.2, 0.25) is 0 Å². The number of pyridine rings is 1. The van der Waals surface area contributed by atoms with Gasteiger partial charge in [-0.15, -0.1) is 0 Å². The van der Waals surface area contributed by atoms with Crippen molar-refractivity contribution in [3.63, 3.8) is 0 Å². The fraction of sp³-hybridized carbons (Fsp3) is 0.455. The lowest BCUT2D eigenvalue weighted by molar-refractivity contribution is 0.557. The molecule has 0 N–H and O–H groups in total. The van der Waals surface area contributed by atoms with Crippen LogP contribution in [0.1, 0.15) is 26.2 Å². The molecule has 74 valence electrons. The van der Waals surface area contributed by atoms with Crippen molar-refractivity contribution in [2.45, 2.75) is 32.7 Å². The molecule has 0 saturated heterocycles. The van der Waals surface area contributed by atoms with E-state index >= 15 is 0 Å². The molecule has 0 aliphatic rings. The zero-order valence-electron chi connectivity index (χ0n) is 8.48. The van der Waals surface area contributed by atoms with Crippen molar-refractivity contribution in [2.24, 2.45) is 0 Å². The van der Waals surface area contributed by atoms with Crippen molar-refractivity contribution >= 4 is 11.0 Å². The molecule has 0 aromatic carbocycles. The van der Waals surface area contributed by atoms with Gasteiger partial charge in [-0.1, -0.05) is 19.8 Å². The van der Waals surface area contributed by atoms with E-state index in [1.807, 2.05) is 23.0 Å². The molecule has 2 heterocycles. The molecule has 0 spiro atoms. The Labute approximate surface area is 83.8 Å². The Hall–Kier alpha value is -1.38. The molecule has 2 aromatic rings. The summed E-state index contributed by atoms with van der Waals surface area (Å²) in [6.45, 7) is 3.21. The summed E-state index contributed by atoms with van der Waals surface area (Å²) in [5, 5.41) is 4.44. The molecule has 3 heteroatoms. The first-order valence-corrected chi connectivity index (χ1v) is 5.18. The minimum atomic E-state index is 0.990. The zero-order chi connectivity index (χ0) is 9.80. The lowest BCUT2D eigenvalue weighted by atomic mass is 10.2. The van der Waals surface area contributed by atoms with E-state index in [-0.39, 0.29) is 0 Å². The van der Waals surface area contributed by atoms with Crippen LogP contribution in [-0.2, 0) is 6.54 Å². The first kappa shape index (κ1) is 9.19. The van der Waals surface area contributed by atoms with E-state index in [0.717, 1.165) is 17.6 Å². The first-order valence-electron chi connectivity index (χ1n) is 5.18. The summed E-state index contributed by atoms with van der Waals surface area (Å²) in [5.74, 6) is 0. The van der Waals surface area contributed by atoms with E-state index in [9.17, 15) is 0 Å². The zero-order valence-corrected chi connectivity index (χ0v) is 8.48. The highest BCUT2D eigenvalue weighted by atomic mass is 15.3. The maximum atomic E-state index is 4.44. The summed E-state index contributed by atoms with van der Waals surface area (Å²) in [4.78, 5) is 4.25. The smallest absolute Gasteiger partial charge is 0.111 e. The number of aromatic nitrogens is 3. The molecule has 2 rings (SSSR count). The lowest BCUT2D eigenvalue weighted by Gasteiger charge is -1.98. The van der Waals surface area contributed by atoms with E-state index in [1.54, 1.807) is 6.20 Å². The number of hydrogen-bond donors (Lipinski definition) is 0. The standard InChI is InChI=1S/C11H15N3/c1-2-3-4-8-14-9-11-10(13-14)6-5-7-12-11/h5-7,9H,2-4,8H2,1H3. The van der Waals surface area contributed by atoms with E-state index in [1.165, 1.54) is 19.3 Å². The molecule has 14 heavy (non-hydrogen) atoms. The van der Waals surface area contributed by atoms with E-state index < -0.39 is 0 Å². The third-order valence-electron chi connectivity index (χ3n) is 2.31. The van der Waals surface area contributed by atoms with Gasteiger partial charge >= 0.3 is 0 Å². The number of nitrogens with zero attached hydrogens (tertiary/aromatic N) is 3. The predicted octanol–water partition coefficient (Wildman–Crippen LogP) is 2.62. The van der Waals surface area contributed by atoms with Gasteiger partial charge in [0.2, 0.25) is 0 Å². The van der Waals surface area contributed by atoms with Gasteiger partial charge < -0.3 is 0 Å². The number of hydrogen-bond acceptors (Lipinski definition) is 2. The second kappa shape index (κ2) is 4.22. The molecule has 0 radical (unpaired) electrons. The third-order valence-corrected chi connectivity index (χ3v) is 2.31. The van der Waals surface area contributed by atoms with Crippen molar-refractivity contribution in [1.29, 1.82) is 0 Å². The molecular formula is C11H15N3.